The second kappa shape index (κ2) is 6.21. The molecule has 0 unspecified atom stereocenters. The SMILES string of the molecule is CCCNCc1coc(Oc2ccccc2C)n1. The number of ether oxygens (including phenoxy) is 1. The fraction of sp³-hybridized carbons (Fsp3) is 0.357. The van der Waals surface area contributed by atoms with Crippen molar-refractivity contribution in [3.05, 3.63) is 41.8 Å². The van der Waals surface area contributed by atoms with E-state index in [2.05, 4.69) is 17.2 Å². The smallest absolute Gasteiger partial charge is 0.399 e. The van der Waals surface area contributed by atoms with Crippen molar-refractivity contribution in [3.8, 4) is 11.8 Å². The molecular weight excluding hydrogens is 228 g/mol. The summed E-state index contributed by atoms with van der Waals surface area (Å²) in [6.45, 7) is 5.79. The quantitative estimate of drug-likeness (QED) is 0.795. The number of nitrogens with one attached hydrogen (secondary N) is 1. The summed E-state index contributed by atoms with van der Waals surface area (Å²) in [5.41, 5.74) is 1.91. The van der Waals surface area contributed by atoms with Gasteiger partial charge in [-0.15, -0.1) is 0 Å². The number of benzene rings is 1. The van der Waals surface area contributed by atoms with Crippen LogP contribution in [0.1, 0.15) is 24.6 Å². The fourth-order valence-corrected chi connectivity index (χ4v) is 1.57. The summed E-state index contributed by atoms with van der Waals surface area (Å²) in [6.07, 6.45) is 3.01. The maximum Gasteiger partial charge on any atom is 0.399 e. The minimum absolute atomic E-state index is 0.289. The van der Waals surface area contributed by atoms with Gasteiger partial charge in [-0.25, -0.2) is 0 Å². The zero-order valence-corrected chi connectivity index (χ0v) is 10.8. The third-order valence-corrected chi connectivity index (χ3v) is 2.55. The van der Waals surface area contributed by atoms with Crippen molar-refractivity contribution in [2.24, 2.45) is 0 Å². The molecule has 0 bridgehead atoms. The lowest BCUT2D eigenvalue weighted by Crippen LogP contribution is -2.13. The Labute approximate surface area is 107 Å². The van der Waals surface area contributed by atoms with E-state index in [0.717, 1.165) is 30.0 Å². The Morgan fingerprint density at radius 3 is 2.94 bits per heavy atom. The van der Waals surface area contributed by atoms with Gasteiger partial charge >= 0.3 is 6.08 Å². The van der Waals surface area contributed by atoms with E-state index in [1.165, 1.54) is 0 Å². The van der Waals surface area contributed by atoms with Gasteiger partial charge < -0.3 is 14.5 Å². The van der Waals surface area contributed by atoms with E-state index in [1.807, 2.05) is 31.2 Å². The summed E-state index contributed by atoms with van der Waals surface area (Å²) >= 11 is 0. The molecule has 0 aliphatic carbocycles. The van der Waals surface area contributed by atoms with E-state index >= 15 is 0 Å². The zero-order valence-electron chi connectivity index (χ0n) is 10.8. The van der Waals surface area contributed by atoms with Crippen LogP contribution in [0.5, 0.6) is 11.8 Å². The molecular formula is C14H18N2O2. The first-order valence-electron chi connectivity index (χ1n) is 6.18. The van der Waals surface area contributed by atoms with E-state index in [1.54, 1.807) is 6.26 Å². The van der Waals surface area contributed by atoms with Crippen molar-refractivity contribution >= 4 is 0 Å². The highest BCUT2D eigenvalue weighted by molar-refractivity contribution is 5.33. The number of aryl methyl sites for hydroxylation is 1. The molecule has 0 aliphatic heterocycles. The van der Waals surface area contributed by atoms with Gasteiger partial charge in [-0.1, -0.05) is 25.1 Å². The van der Waals surface area contributed by atoms with Crippen LogP contribution in [0.2, 0.25) is 0 Å². The predicted molar refractivity (Wildman–Crippen MR) is 69.8 cm³/mol. The topological polar surface area (TPSA) is 47.3 Å². The molecule has 1 heterocycles. The minimum atomic E-state index is 0.289. The minimum Gasteiger partial charge on any atom is -0.417 e. The van der Waals surface area contributed by atoms with E-state index in [0.29, 0.717) is 6.54 Å². The molecule has 1 aromatic heterocycles. The van der Waals surface area contributed by atoms with Gasteiger partial charge in [0, 0.05) is 6.54 Å². The van der Waals surface area contributed by atoms with Crippen LogP contribution in [0.4, 0.5) is 0 Å². The first kappa shape index (κ1) is 12.6. The van der Waals surface area contributed by atoms with Gasteiger partial charge in [0.15, 0.2) is 0 Å². The van der Waals surface area contributed by atoms with E-state index in [9.17, 15) is 0 Å². The Morgan fingerprint density at radius 1 is 1.33 bits per heavy atom. The molecule has 0 spiro atoms. The monoisotopic (exact) mass is 246 g/mol. The normalized spacial score (nSPS) is 10.6. The Kier molecular flexibility index (Phi) is 4.36. The second-order valence-corrected chi connectivity index (χ2v) is 4.15. The highest BCUT2D eigenvalue weighted by Gasteiger charge is 2.07. The maximum absolute atomic E-state index is 5.59. The van der Waals surface area contributed by atoms with Gasteiger partial charge in [-0.2, -0.15) is 4.98 Å². The molecule has 4 nitrogen and oxygen atoms in total. The highest BCUT2D eigenvalue weighted by atomic mass is 16.6. The van der Waals surface area contributed by atoms with Crippen molar-refractivity contribution in [1.82, 2.24) is 10.3 Å². The molecule has 0 atom stereocenters. The van der Waals surface area contributed by atoms with Gasteiger partial charge in [0.2, 0.25) is 0 Å². The van der Waals surface area contributed by atoms with Gasteiger partial charge in [0.05, 0.1) is 5.69 Å². The van der Waals surface area contributed by atoms with Crippen molar-refractivity contribution in [1.29, 1.82) is 0 Å². The number of aromatic nitrogens is 1. The van der Waals surface area contributed by atoms with Crippen LogP contribution in [0.3, 0.4) is 0 Å². The second-order valence-electron chi connectivity index (χ2n) is 4.15. The first-order chi connectivity index (χ1) is 8.79. The average Bonchev–Trinajstić information content (AvgIpc) is 2.80. The standard InChI is InChI=1S/C14H18N2O2/c1-3-8-15-9-12-10-17-14(16-12)18-13-7-5-4-6-11(13)2/h4-7,10,15H,3,8-9H2,1-2H3. The Morgan fingerprint density at radius 2 is 2.17 bits per heavy atom. The molecule has 0 saturated heterocycles. The van der Waals surface area contributed by atoms with Crippen molar-refractivity contribution in [3.63, 3.8) is 0 Å². The number of rotatable bonds is 6. The van der Waals surface area contributed by atoms with E-state index in [4.69, 9.17) is 9.15 Å². The molecule has 0 fully saturated rings. The lowest BCUT2D eigenvalue weighted by atomic mass is 10.2. The summed E-state index contributed by atoms with van der Waals surface area (Å²) in [4.78, 5) is 4.27. The van der Waals surface area contributed by atoms with Crippen LogP contribution in [-0.2, 0) is 6.54 Å². The summed E-state index contributed by atoms with van der Waals surface area (Å²) in [5.74, 6) is 0.771. The number of hydrogen-bond donors (Lipinski definition) is 1. The average molecular weight is 246 g/mol. The van der Waals surface area contributed by atoms with Crippen molar-refractivity contribution in [2.75, 3.05) is 6.54 Å². The molecule has 0 aliphatic rings. The zero-order chi connectivity index (χ0) is 12.8. The first-order valence-corrected chi connectivity index (χ1v) is 6.18. The molecule has 1 aromatic carbocycles. The molecule has 0 amide bonds. The van der Waals surface area contributed by atoms with Crippen LogP contribution >= 0.6 is 0 Å². The lowest BCUT2D eigenvalue weighted by Gasteiger charge is -2.03. The third-order valence-electron chi connectivity index (χ3n) is 2.55. The third kappa shape index (κ3) is 3.34. The molecule has 0 radical (unpaired) electrons. The Bertz CT molecular complexity index is 494. The van der Waals surface area contributed by atoms with Gasteiger partial charge in [-0.05, 0) is 31.5 Å². The number of para-hydroxylation sites is 1. The van der Waals surface area contributed by atoms with E-state index < -0.39 is 0 Å². The molecule has 96 valence electrons. The Balaban J connectivity index is 1.96. The van der Waals surface area contributed by atoms with Crippen LogP contribution in [0.15, 0.2) is 34.9 Å². The predicted octanol–water partition coefficient (Wildman–Crippen LogP) is 3.27. The lowest BCUT2D eigenvalue weighted by molar-refractivity contribution is 0.329. The molecule has 4 heteroatoms. The molecule has 2 aromatic rings. The van der Waals surface area contributed by atoms with Gasteiger partial charge in [0.1, 0.15) is 12.0 Å². The summed E-state index contributed by atoms with van der Waals surface area (Å²) in [7, 11) is 0. The molecule has 0 saturated carbocycles. The van der Waals surface area contributed by atoms with Crippen LogP contribution in [-0.4, -0.2) is 11.5 Å². The Hall–Kier alpha value is -1.81. The number of nitrogens with zero attached hydrogens (tertiary/aromatic N) is 1. The van der Waals surface area contributed by atoms with Gasteiger partial charge in [0.25, 0.3) is 0 Å². The highest BCUT2D eigenvalue weighted by Crippen LogP contribution is 2.23. The molecule has 2 rings (SSSR count). The fourth-order valence-electron chi connectivity index (χ4n) is 1.57. The summed E-state index contributed by atoms with van der Waals surface area (Å²) in [6, 6.07) is 7.78. The van der Waals surface area contributed by atoms with Crippen LogP contribution in [0.25, 0.3) is 0 Å². The summed E-state index contributed by atoms with van der Waals surface area (Å²) < 4.78 is 10.9. The largest absolute Gasteiger partial charge is 0.417 e. The van der Waals surface area contributed by atoms with Gasteiger partial charge in [-0.3, -0.25) is 0 Å². The molecule has 1 N–H and O–H groups in total. The number of oxazole rings is 1. The van der Waals surface area contributed by atoms with Crippen LogP contribution < -0.4 is 10.1 Å². The van der Waals surface area contributed by atoms with Crippen molar-refractivity contribution < 1.29 is 9.15 Å². The summed E-state index contributed by atoms with van der Waals surface area (Å²) in [5, 5.41) is 3.26. The van der Waals surface area contributed by atoms with Crippen LogP contribution in [0, 0.1) is 6.92 Å². The van der Waals surface area contributed by atoms with Crippen molar-refractivity contribution in [2.45, 2.75) is 26.8 Å². The molecule has 18 heavy (non-hydrogen) atoms. The maximum atomic E-state index is 5.59. The number of hydrogen-bond acceptors (Lipinski definition) is 4. The van der Waals surface area contributed by atoms with E-state index in [-0.39, 0.29) is 6.08 Å².